The summed E-state index contributed by atoms with van der Waals surface area (Å²) in [5, 5.41) is 95.4. The van der Waals surface area contributed by atoms with Gasteiger partial charge in [0.1, 0.15) is 0 Å². The highest BCUT2D eigenvalue weighted by atomic mass is 16.5. The number of hydrogen-bond acceptors (Lipinski definition) is 12. The molecule has 0 aliphatic carbocycles. The van der Waals surface area contributed by atoms with Gasteiger partial charge >= 0.3 is 11.9 Å². The fourth-order valence-electron chi connectivity index (χ4n) is 1.54. The van der Waals surface area contributed by atoms with Crippen molar-refractivity contribution in [3.63, 3.8) is 0 Å². The largest absolute Gasteiger partial charge is 0.478 e. The number of aliphatic hydroxyl groups excluding tert-OH is 9. The van der Waals surface area contributed by atoms with E-state index in [0.717, 1.165) is 12.2 Å². The van der Waals surface area contributed by atoms with Crippen LogP contribution in [0.5, 0.6) is 0 Å². The van der Waals surface area contributed by atoms with E-state index < -0.39 is 67.8 Å². The van der Waals surface area contributed by atoms with Gasteiger partial charge in [-0.05, 0) is 6.42 Å². The molecule has 0 rings (SSSR count). The minimum Gasteiger partial charge on any atom is -0.478 e. The molecule has 0 atom stereocenters. The molecule has 0 aromatic rings. The van der Waals surface area contributed by atoms with Crippen LogP contribution in [0.3, 0.4) is 0 Å². The number of hydrogen-bond donors (Lipinski definition) is 11. The zero-order chi connectivity index (χ0) is 29.3. The average molecular weight is 533 g/mol. The Bertz CT molecular complexity index is 483. The van der Waals surface area contributed by atoms with E-state index in [-0.39, 0.29) is 33.0 Å². The number of rotatable bonds is 16. The maximum Gasteiger partial charge on any atom is 0.327 e. The van der Waals surface area contributed by atoms with Gasteiger partial charge in [-0.1, -0.05) is 20.1 Å². The smallest absolute Gasteiger partial charge is 0.327 e. The summed E-state index contributed by atoms with van der Waals surface area (Å²) in [6, 6.07) is 0. The second-order valence-corrected chi connectivity index (χ2v) is 7.85. The van der Waals surface area contributed by atoms with Gasteiger partial charge in [0.25, 0.3) is 0 Å². The summed E-state index contributed by atoms with van der Waals surface area (Å²) in [4.78, 5) is 18.5. The van der Waals surface area contributed by atoms with Crippen molar-refractivity contribution in [1.82, 2.24) is 0 Å². The Kier molecular flexibility index (Phi) is 28.2. The molecule has 0 heterocycles. The average Bonchev–Trinajstić information content (AvgIpc) is 2.92. The molecule has 0 spiro atoms. The highest BCUT2D eigenvalue weighted by molar-refractivity contribution is 5.79. The van der Waals surface area contributed by atoms with Crippen molar-refractivity contribution in [3.05, 3.63) is 25.3 Å². The van der Waals surface area contributed by atoms with Crippen LogP contribution in [0.2, 0.25) is 0 Å². The van der Waals surface area contributed by atoms with E-state index in [0.29, 0.717) is 6.42 Å². The number of carboxylic acids is 2. The topological polar surface area (TPSA) is 266 Å². The fraction of sp³-hybridized carbons (Fsp3) is 0.727. The highest BCUT2D eigenvalue weighted by Crippen LogP contribution is 2.20. The third-order valence-corrected chi connectivity index (χ3v) is 4.93. The molecule has 0 saturated heterocycles. The lowest BCUT2D eigenvalue weighted by Gasteiger charge is -2.31. The Morgan fingerprint density at radius 3 is 0.861 bits per heavy atom. The number of carbonyl (C=O) groups is 2. The van der Waals surface area contributed by atoms with Gasteiger partial charge in [-0.2, -0.15) is 0 Å². The molecule has 14 heteroatoms. The Morgan fingerprint density at radius 2 is 0.778 bits per heavy atom. The first-order chi connectivity index (χ1) is 16.9. The van der Waals surface area contributed by atoms with Crippen LogP contribution in [-0.2, 0) is 14.3 Å². The van der Waals surface area contributed by atoms with Crippen molar-refractivity contribution in [2.75, 3.05) is 72.7 Å². The third kappa shape index (κ3) is 19.2. The summed E-state index contributed by atoms with van der Waals surface area (Å²) in [6.45, 7) is 4.27. The lowest BCUT2D eigenvalue weighted by atomic mass is 9.88. The van der Waals surface area contributed by atoms with Gasteiger partial charge in [0, 0.05) is 17.6 Å². The van der Waals surface area contributed by atoms with Crippen LogP contribution >= 0.6 is 0 Å². The minimum absolute atomic E-state index is 0.141. The predicted molar refractivity (Wildman–Crippen MR) is 128 cm³/mol. The summed E-state index contributed by atoms with van der Waals surface area (Å²) in [6.07, 6.45) is 2.26. The first kappa shape index (κ1) is 41.2. The lowest BCUT2D eigenvalue weighted by molar-refractivity contribution is -0.132. The molecule has 0 saturated carbocycles. The van der Waals surface area contributed by atoms with Gasteiger partial charge in [-0.3, -0.25) is 0 Å². The molecule has 36 heavy (non-hydrogen) atoms. The SMILES string of the molecule is C=CC(=O)O.C=CC(=O)O.CCC(CO)(CO)CO.OCC(CO)(CO)COCC(CO)(CO)CO. The molecule has 11 N–H and O–H groups in total. The molecular weight excluding hydrogens is 488 g/mol. The Labute approximate surface area is 210 Å². The second-order valence-electron chi connectivity index (χ2n) is 7.85. The molecule has 0 aliphatic heterocycles. The van der Waals surface area contributed by atoms with Gasteiger partial charge in [-0.25, -0.2) is 9.59 Å². The number of aliphatic carboxylic acids is 2. The van der Waals surface area contributed by atoms with Crippen molar-refractivity contribution in [2.45, 2.75) is 13.3 Å². The van der Waals surface area contributed by atoms with Gasteiger partial charge < -0.3 is 60.9 Å². The van der Waals surface area contributed by atoms with Crippen LogP contribution in [0, 0.1) is 16.2 Å². The first-order valence-corrected chi connectivity index (χ1v) is 10.6. The summed E-state index contributed by atoms with van der Waals surface area (Å²) >= 11 is 0. The zero-order valence-electron chi connectivity index (χ0n) is 20.7. The minimum atomic E-state index is -1.16. The van der Waals surface area contributed by atoms with E-state index in [1.54, 1.807) is 0 Å². The van der Waals surface area contributed by atoms with E-state index in [1.807, 2.05) is 6.92 Å². The van der Waals surface area contributed by atoms with Crippen molar-refractivity contribution < 1.29 is 70.5 Å². The van der Waals surface area contributed by atoms with E-state index in [2.05, 4.69) is 13.2 Å². The van der Waals surface area contributed by atoms with E-state index >= 15 is 0 Å². The fourth-order valence-corrected chi connectivity index (χ4v) is 1.54. The van der Waals surface area contributed by atoms with Crippen LogP contribution in [0.1, 0.15) is 13.3 Å². The van der Waals surface area contributed by atoms with E-state index in [1.165, 1.54) is 0 Å². The highest BCUT2D eigenvalue weighted by Gasteiger charge is 2.32. The summed E-state index contributed by atoms with van der Waals surface area (Å²) in [5.41, 5.74) is -2.99. The quantitative estimate of drug-likeness (QED) is 0.0874. The third-order valence-electron chi connectivity index (χ3n) is 4.93. The molecule has 0 fully saturated rings. The monoisotopic (exact) mass is 532 g/mol. The Hall–Kier alpha value is -1.98. The zero-order valence-corrected chi connectivity index (χ0v) is 20.7. The Balaban J connectivity index is -0.000000223. The molecule has 0 unspecified atom stereocenters. The van der Waals surface area contributed by atoms with Crippen LogP contribution in [0.4, 0.5) is 0 Å². The number of carboxylic acid groups (broad SMARTS) is 2. The second kappa shape index (κ2) is 24.7. The molecule has 0 amide bonds. The van der Waals surface area contributed by atoms with Crippen LogP contribution in [0.25, 0.3) is 0 Å². The van der Waals surface area contributed by atoms with Crippen molar-refractivity contribution in [2.24, 2.45) is 16.2 Å². The first-order valence-electron chi connectivity index (χ1n) is 10.6. The summed E-state index contributed by atoms with van der Waals surface area (Å²) in [5.74, 6) is -1.96. The van der Waals surface area contributed by atoms with Gasteiger partial charge in [0.05, 0.1) is 83.5 Å². The molecule has 0 aliphatic rings. The maximum absolute atomic E-state index is 9.25. The van der Waals surface area contributed by atoms with Crippen molar-refractivity contribution in [3.8, 4) is 0 Å². The standard InChI is InChI=1S/C10H22O7.C6H14O3.2C3H4O2/c11-1-9(2-12,3-13)7-17-8-10(4-14,5-15)6-16;1-2-6(3-7,4-8)5-9;2*1-2-3(4)5/h11-16H,1-8H2;7-9H,2-5H2,1H3;2*2H,1H2,(H,4,5). The van der Waals surface area contributed by atoms with Crippen LogP contribution in [0.15, 0.2) is 25.3 Å². The molecule has 0 radical (unpaired) electrons. The van der Waals surface area contributed by atoms with Gasteiger partial charge in [-0.15, -0.1) is 0 Å². The number of aliphatic hydroxyl groups is 9. The number of ether oxygens (including phenoxy) is 1. The van der Waals surface area contributed by atoms with Gasteiger partial charge in [0.15, 0.2) is 0 Å². The van der Waals surface area contributed by atoms with Crippen molar-refractivity contribution >= 4 is 11.9 Å². The van der Waals surface area contributed by atoms with E-state index in [9.17, 15) is 9.59 Å². The molecule has 0 bridgehead atoms. The molecule has 14 nitrogen and oxygen atoms in total. The van der Waals surface area contributed by atoms with Gasteiger partial charge in [0.2, 0.25) is 0 Å². The molecule has 216 valence electrons. The summed E-state index contributed by atoms with van der Waals surface area (Å²) in [7, 11) is 0. The normalized spacial score (nSPS) is 10.9. The Morgan fingerprint density at radius 1 is 0.583 bits per heavy atom. The lowest BCUT2D eigenvalue weighted by Crippen LogP contribution is -2.43. The van der Waals surface area contributed by atoms with Crippen molar-refractivity contribution in [1.29, 1.82) is 0 Å². The molecule has 0 aromatic heterocycles. The summed E-state index contributed by atoms with van der Waals surface area (Å²) < 4.78 is 5.15. The maximum atomic E-state index is 9.25. The van der Waals surface area contributed by atoms with Crippen LogP contribution < -0.4 is 0 Å². The van der Waals surface area contributed by atoms with E-state index in [4.69, 9.17) is 60.9 Å². The predicted octanol–water partition coefficient (Wildman–Crippen LogP) is -3.20. The van der Waals surface area contributed by atoms with Crippen LogP contribution in [-0.4, -0.2) is 141 Å². The molecular formula is C22H44O14. The molecule has 0 aromatic carbocycles.